The van der Waals surface area contributed by atoms with Crippen molar-refractivity contribution in [2.75, 3.05) is 0 Å². The zero-order chi connectivity index (χ0) is 22.1. The van der Waals surface area contributed by atoms with Crippen LogP contribution in [-0.2, 0) is 23.0 Å². The maximum absolute atomic E-state index is 12.7. The van der Waals surface area contributed by atoms with Gasteiger partial charge in [0.25, 0.3) is 0 Å². The second-order valence-electron chi connectivity index (χ2n) is 6.62. The monoisotopic (exact) mass is 438 g/mol. The van der Waals surface area contributed by atoms with Gasteiger partial charge in [-0.05, 0) is 52.4 Å². The summed E-state index contributed by atoms with van der Waals surface area (Å²) in [6, 6.07) is 14.9. The van der Waals surface area contributed by atoms with Crippen LogP contribution in [0.5, 0.6) is 5.75 Å². The number of hydrogen-bond acceptors (Lipinski definition) is 4. The number of carbonyl (C=O) groups is 1. The van der Waals surface area contributed by atoms with Crippen molar-refractivity contribution < 1.29 is 35.7 Å². The minimum atomic E-state index is -6.02. The second kappa shape index (κ2) is 7.98. The summed E-state index contributed by atoms with van der Waals surface area (Å²) in [5, 5.41) is 10.2. The van der Waals surface area contributed by atoms with Gasteiger partial charge in [0.05, 0.1) is 0 Å². The molecule has 0 saturated heterocycles. The molecule has 0 heterocycles. The number of fused-ring (bicyclic) bond motifs is 1. The third-order valence-corrected chi connectivity index (χ3v) is 5.58. The molecule has 0 saturated carbocycles. The van der Waals surface area contributed by atoms with Crippen LogP contribution >= 0.6 is 0 Å². The van der Waals surface area contributed by atoms with Gasteiger partial charge in [-0.2, -0.15) is 21.6 Å². The number of alkyl halides is 3. The summed E-state index contributed by atoms with van der Waals surface area (Å²) < 4.78 is 65.2. The lowest BCUT2D eigenvalue weighted by Crippen LogP contribution is -2.28. The summed E-state index contributed by atoms with van der Waals surface area (Å²) in [5.41, 5.74) is -3.59. The Morgan fingerprint density at radius 2 is 1.67 bits per heavy atom. The van der Waals surface area contributed by atoms with Crippen LogP contribution in [0.2, 0.25) is 0 Å². The van der Waals surface area contributed by atoms with Gasteiger partial charge in [-0.25, -0.2) is 4.79 Å². The highest BCUT2D eigenvalue weighted by Gasteiger charge is 2.49. The molecule has 0 bridgehead atoms. The molecule has 0 aromatic heterocycles. The lowest BCUT2D eigenvalue weighted by Gasteiger charge is -2.14. The Bertz CT molecular complexity index is 1200. The first kappa shape index (κ1) is 21.6. The third-order valence-electron chi connectivity index (χ3n) is 4.61. The van der Waals surface area contributed by atoms with E-state index in [1.165, 1.54) is 0 Å². The van der Waals surface area contributed by atoms with Crippen LogP contribution in [0.3, 0.4) is 0 Å². The van der Waals surface area contributed by atoms with E-state index in [9.17, 15) is 31.5 Å². The van der Waals surface area contributed by atoms with Crippen LogP contribution in [0.1, 0.15) is 34.0 Å². The first-order valence-corrected chi connectivity index (χ1v) is 10.3. The van der Waals surface area contributed by atoms with Crippen LogP contribution in [0.15, 0.2) is 54.6 Å². The highest BCUT2D eigenvalue weighted by molar-refractivity contribution is 7.88. The fraction of sp³-hybridized carbons (Fsp3) is 0.190. The third kappa shape index (κ3) is 4.40. The molecule has 0 fully saturated rings. The quantitative estimate of drug-likeness (QED) is 0.437. The van der Waals surface area contributed by atoms with Crippen LogP contribution < -0.4 is 4.18 Å². The summed E-state index contributed by atoms with van der Waals surface area (Å²) in [4.78, 5) is 11.5. The Labute approximate surface area is 170 Å². The van der Waals surface area contributed by atoms with Crippen molar-refractivity contribution in [3.8, 4) is 5.75 Å². The van der Waals surface area contributed by atoms with Gasteiger partial charge < -0.3 is 9.29 Å². The summed E-state index contributed by atoms with van der Waals surface area (Å²) in [7, 11) is -6.02. The molecule has 0 amide bonds. The fourth-order valence-corrected chi connectivity index (χ4v) is 3.51. The average Bonchev–Trinajstić information content (AvgIpc) is 2.67. The van der Waals surface area contributed by atoms with Gasteiger partial charge >= 0.3 is 21.6 Å². The highest BCUT2D eigenvalue weighted by Crippen LogP contribution is 2.33. The van der Waals surface area contributed by atoms with E-state index in [2.05, 4.69) is 4.18 Å². The Balaban J connectivity index is 2.11. The summed E-state index contributed by atoms with van der Waals surface area (Å²) >= 11 is 0. The Hall–Kier alpha value is -3.07. The molecule has 3 aromatic carbocycles. The van der Waals surface area contributed by atoms with Gasteiger partial charge in [-0.1, -0.05) is 49.4 Å². The minimum absolute atomic E-state index is 0.398. The second-order valence-corrected chi connectivity index (χ2v) is 8.16. The van der Waals surface area contributed by atoms with Crippen LogP contribution in [-0.4, -0.2) is 25.0 Å². The van der Waals surface area contributed by atoms with E-state index < -0.39 is 32.9 Å². The molecule has 1 N–H and O–H groups in total. The molecule has 30 heavy (non-hydrogen) atoms. The van der Waals surface area contributed by atoms with Crippen molar-refractivity contribution in [2.24, 2.45) is 0 Å². The van der Waals surface area contributed by atoms with Crippen molar-refractivity contribution in [2.45, 2.75) is 25.3 Å². The smallest absolute Gasteiger partial charge is 0.478 e. The Morgan fingerprint density at radius 1 is 1.03 bits per heavy atom. The normalized spacial score (nSPS) is 12.1. The maximum atomic E-state index is 12.7. The van der Waals surface area contributed by atoms with Gasteiger partial charge in [0.15, 0.2) is 5.75 Å². The van der Waals surface area contributed by atoms with Crippen molar-refractivity contribution in [1.82, 2.24) is 0 Å². The standard InChI is InChI=1S/C21H17F3O5S/c1-2-13-6-8-14(9-7-13)10-15-4-3-5-16-11-18(20(25)26)19(12-17(15)16)29-30(27,28)21(22,23)24/h3-9,11-12H,2,10H2,1H3,(H,25,26). The van der Waals surface area contributed by atoms with Gasteiger partial charge in [-0.15, -0.1) is 0 Å². The largest absolute Gasteiger partial charge is 0.534 e. The van der Waals surface area contributed by atoms with Crippen LogP contribution in [0.4, 0.5) is 13.2 Å². The molecule has 0 spiro atoms. The molecule has 0 aliphatic carbocycles. The number of aromatic carboxylic acids is 1. The molecule has 3 rings (SSSR count). The van der Waals surface area contributed by atoms with Gasteiger partial charge in [0, 0.05) is 0 Å². The number of hydrogen-bond donors (Lipinski definition) is 1. The molecule has 0 aliphatic heterocycles. The fourth-order valence-electron chi connectivity index (χ4n) is 3.04. The zero-order valence-electron chi connectivity index (χ0n) is 15.7. The Kier molecular flexibility index (Phi) is 5.76. The van der Waals surface area contributed by atoms with E-state index in [4.69, 9.17) is 0 Å². The maximum Gasteiger partial charge on any atom is 0.534 e. The topological polar surface area (TPSA) is 80.7 Å². The molecule has 158 valence electrons. The van der Waals surface area contributed by atoms with Crippen LogP contribution in [0, 0.1) is 0 Å². The predicted octanol–water partition coefficient (Wildman–Crippen LogP) is 4.92. The number of aryl methyl sites for hydroxylation is 1. The number of halogens is 3. The molecule has 5 nitrogen and oxygen atoms in total. The lowest BCUT2D eigenvalue weighted by atomic mass is 9.96. The molecule has 0 unspecified atom stereocenters. The first-order chi connectivity index (χ1) is 14.0. The highest BCUT2D eigenvalue weighted by atomic mass is 32.2. The molecule has 3 aromatic rings. The van der Waals surface area contributed by atoms with Crippen molar-refractivity contribution in [1.29, 1.82) is 0 Å². The van der Waals surface area contributed by atoms with Gasteiger partial charge in [0.1, 0.15) is 5.56 Å². The number of rotatable bonds is 6. The average molecular weight is 438 g/mol. The molecule has 0 radical (unpaired) electrons. The van der Waals surface area contributed by atoms with Gasteiger partial charge in [-0.3, -0.25) is 0 Å². The predicted molar refractivity (Wildman–Crippen MR) is 105 cm³/mol. The number of benzene rings is 3. The SMILES string of the molecule is CCc1ccc(Cc2cccc3cc(C(=O)O)c(OS(=O)(=O)C(F)(F)F)cc23)cc1. The Morgan fingerprint density at radius 3 is 2.23 bits per heavy atom. The van der Waals surface area contributed by atoms with Crippen molar-refractivity contribution >= 4 is 26.9 Å². The van der Waals surface area contributed by atoms with E-state index in [0.717, 1.165) is 29.7 Å². The zero-order valence-corrected chi connectivity index (χ0v) is 16.5. The molecule has 0 aliphatic rings. The lowest BCUT2D eigenvalue weighted by molar-refractivity contribution is -0.0500. The van der Waals surface area contributed by atoms with E-state index >= 15 is 0 Å². The molecular formula is C21H17F3O5S. The molecular weight excluding hydrogens is 421 g/mol. The first-order valence-electron chi connectivity index (χ1n) is 8.89. The molecule has 0 atom stereocenters. The van der Waals surface area contributed by atoms with Crippen molar-refractivity contribution in [3.05, 3.63) is 76.9 Å². The van der Waals surface area contributed by atoms with E-state index in [1.807, 2.05) is 31.2 Å². The number of carboxylic acids is 1. The number of carboxylic acid groups (broad SMARTS) is 1. The molecule has 9 heteroatoms. The minimum Gasteiger partial charge on any atom is -0.478 e. The van der Waals surface area contributed by atoms with E-state index in [1.54, 1.807) is 18.2 Å². The van der Waals surface area contributed by atoms with E-state index in [0.29, 0.717) is 22.8 Å². The van der Waals surface area contributed by atoms with E-state index in [-0.39, 0.29) is 0 Å². The van der Waals surface area contributed by atoms with Crippen LogP contribution in [0.25, 0.3) is 10.8 Å². The van der Waals surface area contributed by atoms with Gasteiger partial charge in [0.2, 0.25) is 0 Å². The summed E-state index contributed by atoms with van der Waals surface area (Å²) in [5.74, 6) is -2.49. The van der Waals surface area contributed by atoms with Crippen molar-refractivity contribution in [3.63, 3.8) is 0 Å². The summed E-state index contributed by atoms with van der Waals surface area (Å²) in [6.07, 6.45) is 1.29. The summed E-state index contributed by atoms with van der Waals surface area (Å²) in [6.45, 7) is 2.02.